The summed E-state index contributed by atoms with van der Waals surface area (Å²) in [6.45, 7) is 6.58. The van der Waals surface area contributed by atoms with Gasteiger partial charge in [-0.05, 0) is 78.9 Å². The topological polar surface area (TPSA) is 204 Å². The Labute approximate surface area is 341 Å². The average molecular weight is 825 g/mol. The number of ether oxygens (including phenoxy) is 11. The Bertz CT molecular complexity index is 2330. The summed E-state index contributed by atoms with van der Waals surface area (Å²) in [6, 6.07) is 17.9. The molecule has 2 fully saturated rings. The third kappa shape index (κ3) is 9.61. The molecule has 0 saturated carbocycles. The second kappa shape index (κ2) is 18.8. The van der Waals surface area contributed by atoms with Gasteiger partial charge >= 0.3 is 35.8 Å². The Morgan fingerprint density at radius 1 is 0.483 bits per heavy atom. The van der Waals surface area contributed by atoms with Gasteiger partial charge in [0.1, 0.15) is 18.0 Å². The number of carbonyl (C=O) groups excluding carboxylic acids is 6. The fourth-order valence-corrected chi connectivity index (χ4v) is 5.96. The van der Waals surface area contributed by atoms with Crippen LogP contribution in [0.3, 0.4) is 0 Å². The third-order valence-corrected chi connectivity index (χ3v) is 8.94. The zero-order valence-corrected chi connectivity index (χ0v) is 32.2. The molecule has 4 aromatic carbocycles. The Hall–Kier alpha value is -7.50. The molecule has 0 aliphatic carbocycles. The van der Waals surface area contributed by atoms with Crippen molar-refractivity contribution in [3.63, 3.8) is 0 Å². The van der Waals surface area contributed by atoms with Gasteiger partial charge in [-0.15, -0.1) is 0 Å². The molecule has 310 valence electrons. The summed E-state index contributed by atoms with van der Waals surface area (Å²) in [6.07, 6.45) is -1.22. The number of benzene rings is 4. The number of fused-ring (bicyclic) bond motifs is 1. The molecule has 3 unspecified atom stereocenters. The maximum Gasteiger partial charge on any atom is 0.343 e. The van der Waals surface area contributed by atoms with Crippen LogP contribution < -0.4 is 33.2 Å². The lowest BCUT2D eigenvalue weighted by atomic mass is 10.1. The molecule has 0 bridgehead atoms. The van der Waals surface area contributed by atoms with Gasteiger partial charge in [0.25, 0.3) is 0 Å². The Kier molecular flexibility index (Phi) is 13.2. The summed E-state index contributed by atoms with van der Waals surface area (Å²) in [5.74, 6) is -3.85. The molecule has 17 heteroatoms. The van der Waals surface area contributed by atoms with Crippen molar-refractivity contribution in [2.75, 3.05) is 34.5 Å². The molecule has 0 aromatic heterocycles. The summed E-state index contributed by atoms with van der Waals surface area (Å²) in [5.41, 5.74) is 0.375. The number of esters is 6. The molecule has 4 aromatic rings. The van der Waals surface area contributed by atoms with Gasteiger partial charge in [-0.1, -0.05) is 13.2 Å². The molecule has 0 amide bonds. The van der Waals surface area contributed by atoms with Crippen LogP contribution >= 0.6 is 0 Å². The van der Waals surface area contributed by atoms with Crippen molar-refractivity contribution in [3.05, 3.63) is 126 Å². The predicted octanol–water partition coefficient (Wildman–Crippen LogP) is 4.88. The van der Waals surface area contributed by atoms with Crippen molar-refractivity contribution in [2.24, 2.45) is 0 Å². The molecule has 4 atom stereocenters. The van der Waals surface area contributed by atoms with E-state index in [0.29, 0.717) is 0 Å². The highest BCUT2D eigenvalue weighted by Gasteiger charge is 2.51. The Morgan fingerprint density at radius 2 is 0.850 bits per heavy atom. The van der Waals surface area contributed by atoms with Crippen LogP contribution in [0, 0.1) is 0 Å². The van der Waals surface area contributed by atoms with Crippen molar-refractivity contribution in [2.45, 2.75) is 24.4 Å². The number of rotatable bonds is 15. The van der Waals surface area contributed by atoms with Crippen molar-refractivity contribution >= 4 is 35.8 Å². The monoisotopic (exact) mass is 824 g/mol. The van der Waals surface area contributed by atoms with Crippen LogP contribution in [0.1, 0.15) is 41.4 Å². The number of methoxy groups -OCH3 is 3. The first-order valence-electron chi connectivity index (χ1n) is 17.9. The normalized spacial score (nSPS) is 17.5. The fraction of sp³-hybridized carbons (Fsp3) is 0.209. The van der Waals surface area contributed by atoms with E-state index in [-0.39, 0.29) is 75.7 Å². The number of carbonyl (C=O) groups is 6. The molecular formula is C43H36O17. The van der Waals surface area contributed by atoms with Gasteiger partial charge in [-0.2, -0.15) is 0 Å². The van der Waals surface area contributed by atoms with E-state index < -0.39 is 60.2 Å². The van der Waals surface area contributed by atoms with Crippen LogP contribution in [-0.2, 0) is 28.5 Å². The molecule has 2 aliphatic rings. The van der Waals surface area contributed by atoms with E-state index in [0.717, 1.165) is 12.2 Å². The van der Waals surface area contributed by atoms with E-state index in [9.17, 15) is 28.8 Å². The minimum Gasteiger partial charge on any atom is -0.493 e. The van der Waals surface area contributed by atoms with E-state index >= 15 is 0 Å². The molecule has 60 heavy (non-hydrogen) atoms. The lowest BCUT2D eigenvalue weighted by Gasteiger charge is -2.18. The highest BCUT2D eigenvalue weighted by atomic mass is 16.7. The van der Waals surface area contributed by atoms with Crippen LogP contribution in [0.25, 0.3) is 0 Å². The van der Waals surface area contributed by atoms with E-state index in [1.54, 1.807) is 0 Å². The van der Waals surface area contributed by atoms with Gasteiger partial charge in [0, 0.05) is 12.2 Å². The van der Waals surface area contributed by atoms with Gasteiger partial charge in [0.15, 0.2) is 46.7 Å². The van der Waals surface area contributed by atoms with Gasteiger partial charge in [0.05, 0.1) is 56.8 Å². The second-order valence-corrected chi connectivity index (χ2v) is 12.6. The Morgan fingerprint density at radius 3 is 1.27 bits per heavy atom. The van der Waals surface area contributed by atoms with Crippen LogP contribution in [-0.4, -0.2) is 94.8 Å². The van der Waals surface area contributed by atoms with Gasteiger partial charge in [-0.3, -0.25) is 0 Å². The summed E-state index contributed by atoms with van der Waals surface area (Å²) in [7, 11) is 4.00. The molecular weight excluding hydrogens is 788 g/mol. The fourth-order valence-electron chi connectivity index (χ4n) is 5.96. The average Bonchev–Trinajstić information content (AvgIpc) is 3.86. The summed E-state index contributed by atoms with van der Waals surface area (Å²) in [5, 5.41) is 0. The summed E-state index contributed by atoms with van der Waals surface area (Å²) >= 11 is 0. The SMILES string of the molecule is C=CC(=O)Oc1ccc(C(=O)Oc2ccc(C(=O)O[C@@H]3COC4C(OC(=O)c5ccc(OC(=O)c6ccc(OC(=O)C=C)c(OC)c6)c(OC)c5)COC43)cc2OC)cc1. The quantitative estimate of drug-likeness (QED) is 0.0890. The van der Waals surface area contributed by atoms with Crippen molar-refractivity contribution < 1.29 is 80.9 Å². The maximum atomic E-state index is 13.3. The molecule has 2 heterocycles. The van der Waals surface area contributed by atoms with Crippen molar-refractivity contribution in [1.82, 2.24) is 0 Å². The molecule has 17 nitrogen and oxygen atoms in total. The highest BCUT2D eigenvalue weighted by Crippen LogP contribution is 2.35. The van der Waals surface area contributed by atoms with Crippen LogP contribution in [0.15, 0.2) is 104 Å². The standard InChI is InChI=1S/C43H36O17/c1-6-36(44)55-27-13-8-23(9-14-27)40(46)57-29-16-11-25(19-32(29)51-4)42(48)59-34-21-53-39-35(22-54-38(34)39)60-43(49)26-12-17-30(33(20-26)52-5)58-41(47)24-10-15-28(31(18-24)50-3)56-37(45)7-2/h6-20,34-35,38-39H,1-2,21-22H2,3-5H3/t34-,35?,38?,39?/m1/s1. The van der Waals surface area contributed by atoms with Gasteiger partial charge in [-0.25, -0.2) is 28.8 Å². The van der Waals surface area contributed by atoms with E-state index in [1.807, 2.05) is 0 Å². The molecule has 0 radical (unpaired) electrons. The third-order valence-electron chi connectivity index (χ3n) is 8.94. The molecule has 2 aliphatic heterocycles. The zero-order valence-electron chi connectivity index (χ0n) is 32.2. The zero-order chi connectivity index (χ0) is 42.9. The first-order chi connectivity index (χ1) is 28.9. The Balaban J connectivity index is 1.03. The molecule has 2 saturated heterocycles. The second-order valence-electron chi connectivity index (χ2n) is 12.6. The van der Waals surface area contributed by atoms with Crippen LogP contribution in [0.4, 0.5) is 0 Å². The summed E-state index contributed by atoms with van der Waals surface area (Å²) < 4.78 is 60.2. The minimum absolute atomic E-state index is 0.00114. The smallest absolute Gasteiger partial charge is 0.343 e. The minimum atomic E-state index is -0.856. The largest absolute Gasteiger partial charge is 0.493 e. The first-order valence-corrected chi connectivity index (χ1v) is 17.9. The summed E-state index contributed by atoms with van der Waals surface area (Å²) in [4.78, 5) is 75.3. The highest BCUT2D eigenvalue weighted by molar-refractivity contribution is 5.95. The van der Waals surface area contributed by atoms with Gasteiger partial charge < -0.3 is 52.1 Å². The maximum absolute atomic E-state index is 13.3. The first kappa shape index (κ1) is 42.1. The number of hydrogen-bond donors (Lipinski definition) is 0. The van der Waals surface area contributed by atoms with Crippen LogP contribution in [0.5, 0.6) is 40.2 Å². The lowest BCUT2D eigenvalue weighted by molar-refractivity contribution is -0.129. The van der Waals surface area contributed by atoms with E-state index in [1.165, 1.54) is 100 Å². The van der Waals surface area contributed by atoms with Crippen molar-refractivity contribution in [1.29, 1.82) is 0 Å². The van der Waals surface area contributed by atoms with E-state index in [2.05, 4.69) is 13.2 Å². The number of hydrogen-bond acceptors (Lipinski definition) is 17. The molecule has 6 rings (SSSR count). The van der Waals surface area contributed by atoms with Gasteiger partial charge in [0.2, 0.25) is 0 Å². The van der Waals surface area contributed by atoms with Crippen molar-refractivity contribution in [3.8, 4) is 40.2 Å². The van der Waals surface area contributed by atoms with E-state index in [4.69, 9.17) is 52.1 Å². The predicted molar refractivity (Wildman–Crippen MR) is 205 cm³/mol. The molecule has 0 spiro atoms. The lowest BCUT2D eigenvalue weighted by Crippen LogP contribution is -2.36. The molecule has 0 N–H and O–H groups in total. The van der Waals surface area contributed by atoms with Crippen LogP contribution in [0.2, 0.25) is 0 Å².